The van der Waals surface area contributed by atoms with Crippen LogP contribution >= 0.6 is 0 Å². The molecule has 8 nitrogen and oxygen atoms in total. The Bertz CT molecular complexity index is 1300. The summed E-state index contributed by atoms with van der Waals surface area (Å²) in [5.41, 5.74) is 2.68. The Morgan fingerprint density at radius 3 is 2.46 bits per heavy atom. The number of carbonyl (C=O) groups excluding carboxylic acids is 4. The van der Waals surface area contributed by atoms with Gasteiger partial charge in [-0.1, -0.05) is 13.8 Å². The summed E-state index contributed by atoms with van der Waals surface area (Å²) < 4.78 is 12.6. The molecule has 2 amide bonds. The molecule has 8 heteroatoms. The number of furan rings is 1. The average Bonchev–Trinajstić information content (AvgIpc) is 3.51. The molecule has 0 saturated heterocycles. The zero-order valence-electron chi connectivity index (χ0n) is 20.3. The quantitative estimate of drug-likeness (QED) is 0.257. The van der Waals surface area contributed by atoms with E-state index in [9.17, 15) is 19.2 Å². The number of esters is 1. The molecule has 3 aromatic rings. The van der Waals surface area contributed by atoms with E-state index in [2.05, 4.69) is 0 Å². The SMILES string of the molecule is Cc1cc(C(=O)COC(=O)c2ccc3c(c2)C(=O)N(CCC(C)C)C3=O)c(C)n1Cc1ccco1. The van der Waals surface area contributed by atoms with Crippen LogP contribution in [-0.4, -0.2) is 46.2 Å². The standard InChI is InChI=1S/C27H28N2O6/c1-16(2)9-10-28-25(31)21-8-7-19(13-23(21)26(28)32)27(33)35-15-24(30)22-12-17(3)29(18(22)4)14-20-6-5-11-34-20/h5-8,11-13,16H,9-10,14-15H2,1-4H3. The molecule has 0 radical (unpaired) electrons. The Kier molecular flexibility index (Phi) is 6.73. The van der Waals surface area contributed by atoms with Gasteiger partial charge in [0.2, 0.25) is 5.78 Å². The first-order valence-corrected chi connectivity index (χ1v) is 11.6. The molecule has 35 heavy (non-hydrogen) atoms. The predicted molar refractivity (Wildman–Crippen MR) is 128 cm³/mol. The number of amides is 2. The Balaban J connectivity index is 1.42. The zero-order valence-corrected chi connectivity index (χ0v) is 20.3. The fourth-order valence-electron chi connectivity index (χ4n) is 4.19. The fraction of sp³-hybridized carbons (Fsp3) is 0.333. The van der Waals surface area contributed by atoms with Crippen LogP contribution in [0, 0.1) is 19.8 Å². The van der Waals surface area contributed by atoms with Crippen molar-refractivity contribution in [3.8, 4) is 0 Å². The molecule has 4 rings (SSSR count). The molecule has 0 fully saturated rings. The molecule has 1 aliphatic heterocycles. The van der Waals surface area contributed by atoms with Crippen molar-refractivity contribution in [2.75, 3.05) is 13.2 Å². The number of hydrogen-bond acceptors (Lipinski definition) is 6. The summed E-state index contributed by atoms with van der Waals surface area (Å²) >= 11 is 0. The van der Waals surface area contributed by atoms with Gasteiger partial charge in [0.1, 0.15) is 5.76 Å². The second-order valence-corrected chi connectivity index (χ2v) is 9.15. The van der Waals surface area contributed by atoms with E-state index in [1.165, 1.54) is 23.1 Å². The molecule has 0 N–H and O–H groups in total. The molecule has 0 saturated carbocycles. The number of nitrogens with zero attached hydrogens (tertiary/aromatic N) is 2. The van der Waals surface area contributed by atoms with Gasteiger partial charge in [-0.2, -0.15) is 0 Å². The number of aryl methyl sites for hydroxylation is 1. The predicted octanol–water partition coefficient (Wildman–Crippen LogP) is 4.43. The maximum absolute atomic E-state index is 12.8. The Morgan fingerprint density at radius 1 is 1.03 bits per heavy atom. The van der Waals surface area contributed by atoms with Crippen molar-refractivity contribution in [2.45, 2.75) is 40.7 Å². The number of ketones is 1. The number of Topliss-reactive ketones (excluding diaryl/α,β-unsaturated/α-hetero) is 1. The number of imide groups is 1. The lowest BCUT2D eigenvalue weighted by Gasteiger charge is -2.14. The van der Waals surface area contributed by atoms with E-state index in [1.54, 1.807) is 18.4 Å². The molecule has 0 atom stereocenters. The van der Waals surface area contributed by atoms with Gasteiger partial charge in [-0.05, 0) is 62.6 Å². The third-order valence-corrected chi connectivity index (χ3v) is 6.24. The number of ether oxygens (including phenoxy) is 1. The molecular weight excluding hydrogens is 448 g/mol. The minimum absolute atomic E-state index is 0.117. The Hall–Kier alpha value is -3.94. The van der Waals surface area contributed by atoms with Crippen LogP contribution in [0.5, 0.6) is 0 Å². The van der Waals surface area contributed by atoms with Gasteiger partial charge >= 0.3 is 5.97 Å². The summed E-state index contributed by atoms with van der Waals surface area (Å²) in [6.45, 7) is 8.15. The highest BCUT2D eigenvalue weighted by Crippen LogP contribution is 2.25. The van der Waals surface area contributed by atoms with Crippen molar-refractivity contribution in [3.05, 3.63) is 82.1 Å². The maximum Gasteiger partial charge on any atom is 0.338 e. The smallest absolute Gasteiger partial charge is 0.338 e. The maximum atomic E-state index is 12.8. The van der Waals surface area contributed by atoms with Crippen molar-refractivity contribution in [1.82, 2.24) is 9.47 Å². The third-order valence-electron chi connectivity index (χ3n) is 6.24. The summed E-state index contributed by atoms with van der Waals surface area (Å²) in [6.07, 6.45) is 2.30. The molecule has 3 heterocycles. The minimum atomic E-state index is -0.730. The van der Waals surface area contributed by atoms with Crippen LogP contribution in [0.25, 0.3) is 0 Å². The monoisotopic (exact) mass is 476 g/mol. The summed E-state index contributed by atoms with van der Waals surface area (Å²) in [6, 6.07) is 9.71. The first kappa shape index (κ1) is 24.2. The lowest BCUT2D eigenvalue weighted by atomic mass is 10.1. The normalized spacial score (nSPS) is 13.0. The van der Waals surface area contributed by atoms with Crippen LogP contribution in [0.15, 0.2) is 47.1 Å². The lowest BCUT2D eigenvalue weighted by Crippen LogP contribution is -2.31. The lowest BCUT2D eigenvalue weighted by molar-refractivity contribution is 0.0474. The van der Waals surface area contributed by atoms with Gasteiger partial charge in [0.25, 0.3) is 11.8 Å². The van der Waals surface area contributed by atoms with E-state index in [0.29, 0.717) is 31.0 Å². The van der Waals surface area contributed by atoms with Crippen LogP contribution in [-0.2, 0) is 11.3 Å². The molecule has 1 aromatic carbocycles. The molecule has 2 aromatic heterocycles. The second-order valence-electron chi connectivity index (χ2n) is 9.15. The van der Waals surface area contributed by atoms with Gasteiger partial charge in [-0.3, -0.25) is 19.3 Å². The van der Waals surface area contributed by atoms with Gasteiger partial charge in [0, 0.05) is 23.5 Å². The fourth-order valence-corrected chi connectivity index (χ4v) is 4.19. The Labute approximate surface area is 203 Å². The summed E-state index contributed by atoms with van der Waals surface area (Å²) in [5, 5.41) is 0. The van der Waals surface area contributed by atoms with Crippen LogP contribution in [0.2, 0.25) is 0 Å². The number of carbonyl (C=O) groups is 4. The summed E-state index contributed by atoms with van der Waals surface area (Å²) in [4.78, 5) is 51.9. The first-order valence-electron chi connectivity index (χ1n) is 11.6. The molecular formula is C27H28N2O6. The highest BCUT2D eigenvalue weighted by molar-refractivity contribution is 6.22. The number of rotatable bonds is 9. The van der Waals surface area contributed by atoms with Gasteiger partial charge in [0.15, 0.2) is 6.61 Å². The van der Waals surface area contributed by atoms with Crippen LogP contribution in [0.3, 0.4) is 0 Å². The number of fused-ring (bicyclic) bond motifs is 1. The Morgan fingerprint density at radius 2 is 1.77 bits per heavy atom. The van der Waals surface area contributed by atoms with E-state index in [-0.39, 0.29) is 28.4 Å². The van der Waals surface area contributed by atoms with E-state index in [4.69, 9.17) is 9.15 Å². The summed E-state index contributed by atoms with van der Waals surface area (Å²) in [7, 11) is 0. The van der Waals surface area contributed by atoms with Crippen molar-refractivity contribution >= 4 is 23.6 Å². The highest BCUT2D eigenvalue weighted by Gasteiger charge is 2.36. The van der Waals surface area contributed by atoms with Crippen molar-refractivity contribution in [1.29, 1.82) is 0 Å². The molecule has 0 aliphatic carbocycles. The van der Waals surface area contributed by atoms with E-state index < -0.39 is 18.5 Å². The van der Waals surface area contributed by atoms with E-state index in [1.807, 2.05) is 38.3 Å². The van der Waals surface area contributed by atoms with Gasteiger partial charge in [0.05, 0.1) is 29.5 Å². The number of benzene rings is 1. The molecule has 0 spiro atoms. The summed E-state index contributed by atoms with van der Waals surface area (Å²) in [5.74, 6) is -0.719. The van der Waals surface area contributed by atoms with Crippen LogP contribution < -0.4 is 0 Å². The largest absolute Gasteiger partial charge is 0.467 e. The van der Waals surface area contributed by atoms with Crippen molar-refractivity contribution in [2.24, 2.45) is 5.92 Å². The topological polar surface area (TPSA) is 98.8 Å². The number of aromatic nitrogens is 1. The first-order chi connectivity index (χ1) is 16.7. The van der Waals surface area contributed by atoms with E-state index in [0.717, 1.165) is 17.1 Å². The van der Waals surface area contributed by atoms with E-state index >= 15 is 0 Å². The van der Waals surface area contributed by atoms with Gasteiger partial charge in [-0.25, -0.2) is 4.79 Å². The average molecular weight is 477 g/mol. The van der Waals surface area contributed by atoms with Gasteiger partial charge < -0.3 is 13.7 Å². The molecule has 0 bridgehead atoms. The van der Waals surface area contributed by atoms with Crippen LogP contribution in [0.1, 0.15) is 78.8 Å². The third kappa shape index (κ3) is 4.82. The van der Waals surface area contributed by atoms with Crippen molar-refractivity contribution < 1.29 is 28.3 Å². The number of hydrogen-bond donors (Lipinski definition) is 0. The minimum Gasteiger partial charge on any atom is -0.467 e. The van der Waals surface area contributed by atoms with Crippen molar-refractivity contribution in [3.63, 3.8) is 0 Å². The molecule has 1 aliphatic rings. The molecule has 0 unspecified atom stereocenters. The highest BCUT2D eigenvalue weighted by atomic mass is 16.5. The zero-order chi connectivity index (χ0) is 25.3. The van der Waals surface area contributed by atoms with Crippen LogP contribution in [0.4, 0.5) is 0 Å². The second kappa shape index (κ2) is 9.74. The van der Waals surface area contributed by atoms with Gasteiger partial charge in [-0.15, -0.1) is 0 Å². The molecule has 182 valence electrons.